The van der Waals surface area contributed by atoms with E-state index < -0.39 is 29.4 Å². The van der Waals surface area contributed by atoms with Crippen LogP contribution in [0.2, 0.25) is 5.02 Å². The van der Waals surface area contributed by atoms with Gasteiger partial charge >= 0.3 is 12.4 Å². The van der Waals surface area contributed by atoms with Crippen LogP contribution in [-0.4, -0.2) is 11.6 Å². The van der Waals surface area contributed by atoms with Gasteiger partial charge in [-0.05, 0) is 50.1 Å². The molecule has 3 nitrogen and oxygen atoms in total. The number of hydrogen-bond donors (Lipinski definition) is 0. The van der Waals surface area contributed by atoms with Crippen LogP contribution < -0.4 is 9.47 Å². The highest BCUT2D eigenvalue weighted by molar-refractivity contribution is 9.28. The van der Waals surface area contributed by atoms with Crippen molar-refractivity contribution in [3.05, 3.63) is 56.1 Å². The first kappa shape index (κ1) is 22.8. The summed E-state index contributed by atoms with van der Waals surface area (Å²) in [5, 5.41) is 0.0829. The van der Waals surface area contributed by atoms with Gasteiger partial charge in [-0.15, -0.1) is 0 Å². The molecule has 0 amide bonds. The minimum atomic E-state index is -5.24. The lowest BCUT2D eigenvalue weighted by atomic mass is 10.1. The van der Waals surface area contributed by atoms with E-state index in [1.807, 2.05) is 0 Å². The molecule has 1 aromatic heterocycles. The standard InChI is InChI=1S/C16H8Br2ClF6NO2/c17-13(18)3-4-27-12-2-1-8(5-11(12)19)28-14-6-9(15(20,21)22)10(7-26-14)16(23,24)25/h1-3,5-7H,4H2. The van der Waals surface area contributed by atoms with E-state index in [4.69, 9.17) is 21.1 Å². The molecule has 2 aromatic rings. The number of rotatable bonds is 5. The Kier molecular flexibility index (Phi) is 7.27. The van der Waals surface area contributed by atoms with Crippen LogP contribution in [0.3, 0.4) is 0 Å². The molecule has 0 atom stereocenters. The number of hydrogen-bond acceptors (Lipinski definition) is 3. The summed E-state index contributed by atoms with van der Waals surface area (Å²) in [6.45, 7) is 0.168. The second kappa shape index (κ2) is 8.91. The minimum Gasteiger partial charge on any atom is -0.488 e. The Morgan fingerprint density at radius 2 is 1.68 bits per heavy atom. The summed E-state index contributed by atoms with van der Waals surface area (Å²) >= 11 is 12.3. The molecule has 0 aliphatic rings. The Labute approximate surface area is 176 Å². The zero-order chi connectivity index (χ0) is 21.1. The number of benzene rings is 1. The Morgan fingerprint density at radius 1 is 1.04 bits per heavy atom. The van der Waals surface area contributed by atoms with Gasteiger partial charge < -0.3 is 9.47 Å². The van der Waals surface area contributed by atoms with Crippen molar-refractivity contribution in [3.63, 3.8) is 0 Å². The van der Waals surface area contributed by atoms with Gasteiger partial charge in [-0.3, -0.25) is 0 Å². The van der Waals surface area contributed by atoms with Crippen molar-refractivity contribution in [2.45, 2.75) is 12.4 Å². The van der Waals surface area contributed by atoms with E-state index in [9.17, 15) is 26.3 Å². The van der Waals surface area contributed by atoms with Crippen molar-refractivity contribution >= 4 is 43.5 Å². The van der Waals surface area contributed by atoms with E-state index in [0.29, 0.717) is 3.39 Å². The van der Waals surface area contributed by atoms with Gasteiger partial charge in [0.2, 0.25) is 5.88 Å². The van der Waals surface area contributed by atoms with Gasteiger partial charge in [0.1, 0.15) is 18.1 Å². The first-order valence-corrected chi connectivity index (χ1v) is 9.10. The number of pyridine rings is 1. The molecule has 0 N–H and O–H groups in total. The molecule has 0 saturated heterocycles. The van der Waals surface area contributed by atoms with Gasteiger partial charge in [0.25, 0.3) is 0 Å². The molecule has 152 valence electrons. The van der Waals surface area contributed by atoms with Crippen LogP contribution in [0, 0.1) is 0 Å². The summed E-state index contributed by atoms with van der Waals surface area (Å²) in [5.41, 5.74) is -3.80. The van der Waals surface area contributed by atoms with Crippen molar-refractivity contribution in [3.8, 4) is 17.4 Å². The number of nitrogens with zero attached hydrogens (tertiary/aromatic N) is 1. The molecule has 1 heterocycles. The number of halogens is 9. The van der Waals surface area contributed by atoms with Crippen molar-refractivity contribution in [1.29, 1.82) is 0 Å². The molecule has 1 aromatic carbocycles. The third kappa shape index (κ3) is 6.28. The lowest BCUT2D eigenvalue weighted by Gasteiger charge is -2.16. The molecule has 0 bridgehead atoms. The van der Waals surface area contributed by atoms with Crippen molar-refractivity contribution in [1.82, 2.24) is 4.98 Å². The third-order valence-corrected chi connectivity index (χ3v) is 4.03. The largest absolute Gasteiger partial charge is 0.488 e. The molecule has 0 radical (unpaired) electrons. The van der Waals surface area contributed by atoms with E-state index >= 15 is 0 Å². The predicted octanol–water partition coefficient (Wildman–Crippen LogP) is 7.57. The Balaban J connectivity index is 2.26. The molecular formula is C16H8Br2ClF6NO2. The number of aromatic nitrogens is 1. The first-order valence-electron chi connectivity index (χ1n) is 7.13. The molecule has 12 heteroatoms. The molecule has 28 heavy (non-hydrogen) atoms. The molecule has 0 aliphatic carbocycles. The van der Waals surface area contributed by atoms with E-state index in [1.165, 1.54) is 18.2 Å². The molecule has 0 saturated carbocycles. The zero-order valence-corrected chi connectivity index (χ0v) is 17.3. The monoisotopic (exact) mass is 553 g/mol. The van der Waals surface area contributed by atoms with Crippen LogP contribution in [-0.2, 0) is 12.4 Å². The maximum atomic E-state index is 13.0. The number of ether oxygens (including phenoxy) is 2. The number of alkyl halides is 6. The smallest absolute Gasteiger partial charge is 0.418 e. The maximum absolute atomic E-state index is 13.0. The van der Waals surface area contributed by atoms with E-state index in [1.54, 1.807) is 6.08 Å². The summed E-state index contributed by atoms with van der Waals surface area (Å²) in [6.07, 6.45) is -8.73. The maximum Gasteiger partial charge on any atom is 0.418 e. The minimum absolute atomic E-state index is 0.0325. The van der Waals surface area contributed by atoms with Crippen molar-refractivity contribution < 1.29 is 35.8 Å². The summed E-state index contributed by atoms with van der Waals surface area (Å²) in [5.74, 6) is -0.436. The Hall–Kier alpha value is -1.46. The first-order chi connectivity index (χ1) is 12.9. The van der Waals surface area contributed by atoms with Gasteiger partial charge in [0.05, 0.1) is 19.5 Å². The van der Waals surface area contributed by atoms with Crippen molar-refractivity contribution in [2.24, 2.45) is 0 Å². The normalized spacial score (nSPS) is 11.9. The predicted molar refractivity (Wildman–Crippen MR) is 97.2 cm³/mol. The molecule has 0 fully saturated rings. The molecule has 2 rings (SSSR count). The van der Waals surface area contributed by atoms with Crippen LogP contribution in [0.15, 0.2) is 39.9 Å². The summed E-state index contributed by atoms with van der Waals surface area (Å²) < 4.78 is 88.3. The lowest BCUT2D eigenvalue weighted by Crippen LogP contribution is -2.17. The summed E-state index contributed by atoms with van der Waals surface area (Å²) in [6, 6.07) is 4.12. The summed E-state index contributed by atoms with van der Waals surface area (Å²) in [4.78, 5) is 3.30. The topological polar surface area (TPSA) is 31.4 Å². The van der Waals surface area contributed by atoms with Gasteiger partial charge in [0, 0.05) is 18.3 Å². The highest BCUT2D eigenvalue weighted by atomic mass is 79.9. The van der Waals surface area contributed by atoms with Crippen LogP contribution in [0.1, 0.15) is 11.1 Å². The fraction of sp³-hybridized carbons (Fsp3) is 0.188. The fourth-order valence-electron chi connectivity index (χ4n) is 1.93. The molecule has 0 aliphatic heterocycles. The fourth-order valence-corrected chi connectivity index (χ4v) is 2.42. The van der Waals surface area contributed by atoms with E-state index in [-0.39, 0.29) is 35.4 Å². The van der Waals surface area contributed by atoms with Crippen LogP contribution in [0.5, 0.6) is 17.4 Å². The summed E-state index contributed by atoms with van der Waals surface area (Å²) in [7, 11) is 0. The van der Waals surface area contributed by atoms with Crippen LogP contribution in [0.25, 0.3) is 0 Å². The van der Waals surface area contributed by atoms with Gasteiger partial charge in [0.15, 0.2) is 0 Å². The average Bonchev–Trinajstić information content (AvgIpc) is 2.55. The molecule has 0 unspecified atom stereocenters. The zero-order valence-electron chi connectivity index (χ0n) is 13.3. The van der Waals surface area contributed by atoms with E-state index in [0.717, 1.165) is 0 Å². The SMILES string of the molecule is FC(F)(F)c1cnc(Oc2ccc(OCC=C(Br)Br)c(Cl)c2)cc1C(F)(F)F. The lowest BCUT2D eigenvalue weighted by molar-refractivity contribution is -0.162. The average molecular weight is 555 g/mol. The van der Waals surface area contributed by atoms with Gasteiger partial charge in [-0.25, -0.2) is 4.98 Å². The van der Waals surface area contributed by atoms with E-state index in [2.05, 4.69) is 36.8 Å². The molecule has 0 spiro atoms. The van der Waals surface area contributed by atoms with Crippen molar-refractivity contribution in [2.75, 3.05) is 6.61 Å². The van der Waals surface area contributed by atoms with Crippen LogP contribution >= 0.6 is 43.5 Å². The van der Waals surface area contributed by atoms with Gasteiger partial charge in [-0.1, -0.05) is 11.6 Å². The molecular weight excluding hydrogens is 547 g/mol. The van der Waals surface area contributed by atoms with Gasteiger partial charge in [-0.2, -0.15) is 26.3 Å². The Morgan fingerprint density at radius 3 is 2.21 bits per heavy atom. The second-order valence-corrected chi connectivity index (χ2v) is 8.24. The highest BCUT2D eigenvalue weighted by Crippen LogP contribution is 2.41. The Bertz CT molecular complexity index is 882. The highest BCUT2D eigenvalue weighted by Gasteiger charge is 2.43. The third-order valence-electron chi connectivity index (χ3n) is 3.09. The quantitative estimate of drug-likeness (QED) is 0.357. The second-order valence-electron chi connectivity index (χ2n) is 5.06. The van der Waals surface area contributed by atoms with Crippen LogP contribution in [0.4, 0.5) is 26.3 Å².